The molecule has 0 aliphatic carbocycles. The van der Waals surface area contributed by atoms with Gasteiger partial charge in [-0.3, -0.25) is 4.79 Å². The topological polar surface area (TPSA) is 84.9 Å². The number of carboxylic acid groups (broad SMARTS) is 1. The van der Waals surface area contributed by atoms with Crippen LogP contribution in [0.25, 0.3) is 0 Å². The first-order valence-electron chi connectivity index (χ1n) is 7.34. The molecule has 1 saturated heterocycles. The summed E-state index contributed by atoms with van der Waals surface area (Å²) in [5.41, 5.74) is 2.10. The molecule has 6 heteroatoms. The molecule has 1 fully saturated rings. The van der Waals surface area contributed by atoms with Crippen molar-refractivity contribution in [2.24, 2.45) is 0 Å². The normalized spacial score (nSPS) is 20.6. The molecule has 2 atom stereocenters. The van der Waals surface area contributed by atoms with Crippen molar-refractivity contribution in [2.45, 2.75) is 38.9 Å². The number of aryl methyl sites for hydroxylation is 2. The average molecular weight is 307 g/mol. The molecule has 0 spiro atoms. The van der Waals surface area contributed by atoms with Crippen molar-refractivity contribution in [3.05, 3.63) is 29.3 Å². The van der Waals surface area contributed by atoms with Crippen LogP contribution in [0, 0.1) is 13.8 Å². The van der Waals surface area contributed by atoms with Crippen LogP contribution in [0.15, 0.2) is 18.2 Å². The number of carboxylic acids is 1. The van der Waals surface area contributed by atoms with Crippen molar-refractivity contribution >= 4 is 11.9 Å². The molecule has 6 nitrogen and oxygen atoms in total. The maximum Gasteiger partial charge on any atom is 0.332 e. The number of rotatable bonds is 6. The Morgan fingerprint density at radius 3 is 2.50 bits per heavy atom. The van der Waals surface area contributed by atoms with Gasteiger partial charge in [-0.15, -0.1) is 0 Å². The van der Waals surface area contributed by atoms with Crippen molar-refractivity contribution in [2.75, 3.05) is 13.2 Å². The van der Waals surface area contributed by atoms with Crippen LogP contribution in [0.5, 0.6) is 5.75 Å². The molecule has 0 bridgehead atoms. The molecule has 1 aromatic carbocycles. The second-order valence-corrected chi connectivity index (χ2v) is 5.39. The Bertz CT molecular complexity index is 537. The van der Waals surface area contributed by atoms with Crippen molar-refractivity contribution in [3.63, 3.8) is 0 Å². The molecule has 1 amide bonds. The molecule has 1 aliphatic rings. The highest BCUT2D eigenvalue weighted by molar-refractivity contribution is 5.82. The fraction of sp³-hybridized carbons (Fsp3) is 0.500. The molecule has 120 valence electrons. The number of ether oxygens (including phenoxy) is 2. The molecule has 0 unspecified atom stereocenters. The zero-order valence-electron chi connectivity index (χ0n) is 12.8. The summed E-state index contributed by atoms with van der Waals surface area (Å²) in [5, 5.41) is 11.5. The van der Waals surface area contributed by atoms with E-state index < -0.39 is 18.2 Å². The average Bonchev–Trinajstić information content (AvgIpc) is 2.96. The second-order valence-electron chi connectivity index (χ2n) is 5.39. The van der Waals surface area contributed by atoms with E-state index in [-0.39, 0.29) is 5.91 Å². The third-order valence-electron chi connectivity index (χ3n) is 3.64. The predicted octanol–water partition coefficient (Wildman–Crippen LogP) is 1.43. The molecular weight excluding hydrogens is 286 g/mol. The Kier molecular flexibility index (Phi) is 5.38. The van der Waals surface area contributed by atoms with Crippen LogP contribution in [-0.4, -0.2) is 42.3 Å². The Labute approximate surface area is 129 Å². The molecule has 1 aliphatic heterocycles. The maximum atomic E-state index is 11.9. The van der Waals surface area contributed by atoms with Crippen LogP contribution in [-0.2, 0) is 14.3 Å². The molecule has 0 aromatic heterocycles. The number of nitrogens with one attached hydrogen (secondary N) is 1. The molecule has 1 heterocycles. The van der Waals surface area contributed by atoms with E-state index in [2.05, 4.69) is 5.32 Å². The number of hydrogen-bond acceptors (Lipinski definition) is 4. The SMILES string of the molecule is Cc1cccc(C)c1OCCNC(=O)[C@@H]1CC[C@H](C(=O)O)O1. The van der Waals surface area contributed by atoms with Gasteiger partial charge in [0.2, 0.25) is 5.91 Å². The minimum Gasteiger partial charge on any atom is -0.491 e. The summed E-state index contributed by atoms with van der Waals surface area (Å²) in [5.74, 6) is -0.470. The summed E-state index contributed by atoms with van der Waals surface area (Å²) in [4.78, 5) is 22.6. The predicted molar refractivity (Wildman–Crippen MR) is 80.0 cm³/mol. The van der Waals surface area contributed by atoms with E-state index in [0.29, 0.717) is 26.0 Å². The van der Waals surface area contributed by atoms with E-state index >= 15 is 0 Å². The van der Waals surface area contributed by atoms with Gasteiger partial charge in [-0.05, 0) is 37.8 Å². The number of amides is 1. The number of hydrogen-bond donors (Lipinski definition) is 2. The van der Waals surface area contributed by atoms with Gasteiger partial charge < -0.3 is 19.9 Å². The Morgan fingerprint density at radius 1 is 1.27 bits per heavy atom. The Morgan fingerprint density at radius 2 is 1.91 bits per heavy atom. The van der Waals surface area contributed by atoms with Crippen molar-refractivity contribution in [1.82, 2.24) is 5.32 Å². The quantitative estimate of drug-likeness (QED) is 0.777. The first kappa shape index (κ1) is 16.3. The fourth-order valence-electron chi connectivity index (χ4n) is 2.48. The van der Waals surface area contributed by atoms with Gasteiger partial charge in [0.05, 0.1) is 6.54 Å². The smallest absolute Gasteiger partial charge is 0.332 e. The summed E-state index contributed by atoms with van der Waals surface area (Å²) in [6.45, 7) is 4.65. The van der Waals surface area contributed by atoms with E-state index in [0.717, 1.165) is 16.9 Å². The lowest BCUT2D eigenvalue weighted by molar-refractivity contribution is -0.151. The summed E-state index contributed by atoms with van der Waals surface area (Å²) in [7, 11) is 0. The minimum atomic E-state index is -1.02. The van der Waals surface area contributed by atoms with Crippen LogP contribution < -0.4 is 10.1 Å². The van der Waals surface area contributed by atoms with Gasteiger partial charge in [-0.1, -0.05) is 18.2 Å². The van der Waals surface area contributed by atoms with Gasteiger partial charge in [0.1, 0.15) is 18.5 Å². The minimum absolute atomic E-state index is 0.283. The van der Waals surface area contributed by atoms with E-state index in [4.69, 9.17) is 14.6 Å². The zero-order valence-corrected chi connectivity index (χ0v) is 12.8. The standard InChI is InChI=1S/C16H21NO5/c1-10-4-3-5-11(2)14(10)21-9-8-17-15(18)12-6-7-13(22-12)16(19)20/h3-5,12-13H,6-9H2,1-2H3,(H,17,18)(H,19,20)/t12-,13+/m0/s1. The third kappa shape index (κ3) is 3.98. The highest BCUT2D eigenvalue weighted by Crippen LogP contribution is 2.22. The first-order valence-corrected chi connectivity index (χ1v) is 7.34. The highest BCUT2D eigenvalue weighted by Gasteiger charge is 2.34. The van der Waals surface area contributed by atoms with Gasteiger partial charge in [0.15, 0.2) is 6.10 Å². The largest absolute Gasteiger partial charge is 0.491 e. The summed E-state index contributed by atoms with van der Waals surface area (Å²) in [6.07, 6.45) is -0.754. The summed E-state index contributed by atoms with van der Waals surface area (Å²) in [6, 6.07) is 5.91. The second kappa shape index (κ2) is 7.26. The lowest BCUT2D eigenvalue weighted by atomic mass is 10.1. The molecule has 0 saturated carbocycles. The molecule has 22 heavy (non-hydrogen) atoms. The van der Waals surface area contributed by atoms with Gasteiger partial charge in [0, 0.05) is 0 Å². The maximum absolute atomic E-state index is 11.9. The van der Waals surface area contributed by atoms with Crippen molar-refractivity contribution < 1.29 is 24.2 Å². The monoisotopic (exact) mass is 307 g/mol. The number of benzene rings is 1. The van der Waals surface area contributed by atoms with Crippen LogP contribution >= 0.6 is 0 Å². The highest BCUT2D eigenvalue weighted by atomic mass is 16.5. The zero-order chi connectivity index (χ0) is 16.1. The molecule has 0 radical (unpaired) electrons. The fourth-order valence-corrected chi connectivity index (χ4v) is 2.48. The first-order chi connectivity index (χ1) is 10.5. The van der Waals surface area contributed by atoms with Crippen molar-refractivity contribution in [3.8, 4) is 5.75 Å². The Balaban J connectivity index is 1.73. The van der Waals surface area contributed by atoms with Crippen LogP contribution in [0.3, 0.4) is 0 Å². The summed E-state index contributed by atoms with van der Waals surface area (Å²) >= 11 is 0. The Hall–Kier alpha value is -2.08. The number of para-hydroxylation sites is 1. The third-order valence-corrected chi connectivity index (χ3v) is 3.64. The van der Waals surface area contributed by atoms with Gasteiger partial charge in [-0.2, -0.15) is 0 Å². The summed E-state index contributed by atoms with van der Waals surface area (Å²) < 4.78 is 10.9. The lowest BCUT2D eigenvalue weighted by Crippen LogP contribution is -2.37. The van der Waals surface area contributed by atoms with E-state index in [9.17, 15) is 9.59 Å². The lowest BCUT2D eigenvalue weighted by Gasteiger charge is -2.14. The molecule has 2 rings (SSSR count). The van der Waals surface area contributed by atoms with Crippen LogP contribution in [0.4, 0.5) is 0 Å². The van der Waals surface area contributed by atoms with E-state index in [1.54, 1.807) is 0 Å². The van der Waals surface area contributed by atoms with Crippen LogP contribution in [0.1, 0.15) is 24.0 Å². The number of carbonyl (C=O) groups excluding carboxylic acids is 1. The van der Waals surface area contributed by atoms with Gasteiger partial charge in [0.25, 0.3) is 0 Å². The number of aliphatic carboxylic acids is 1. The van der Waals surface area contributed by atoms with Crippen molar-refractivity contribution in [1.29, 1.82) is 0 Å². The molecule has 1 aromatic rings. The van der Waals surface area contributed by atoms with Gasteiger partial charge in [-0.25, -0.2) is 4.79 Å². The molecule has 2 N–H and O–H groups in total. The van der Waals surface area contributed by atoms with Gasteiger partial charge >= 0.3 is 5.97 Å². The van der Waals surface area contributed by atoms with E-state index in [1.807, 2.05) is 32.0 Å². The van der Waals surface area contributed by atoms with E-state index in [1.165, 1.54) is 0 Å². The van der Waals surface area contributed by atoms with Crippen LogP contribution in [0.2, 0.25) is 0 Å². The number of carbonyl (C=O) groups is 2. The molecular formula is C16H21NO5.